The first-order valence-electron chi connectivity index (χ1n) is 4.68. The van der Waals surface area contributed by atoms with E-state index in [1.54, 1.807) is 6.07 Å². The Kier molecular flexibility index (Phi) is 2.57. The number of rotatable bonds is 1. The molecule has 0 atom stereocenters. The second-order valence-electron chi connectivity index (χ2n) is 3.51. The lowest BCUT2D eigenvalue weighted by molar-refractivity contribution is 0.0972. The molecule has 1 N–H and O–H groups in total. The molecule has 0 aliphatic heterocycles. The minimum absolute atomic E-state index is 0.103. The third kappa shape index (κ3) is 1.45. The topological polar surface area (TPSA) is 37.3 Å². The van der Waals surface area contributed by atoms with Gasteiger partial charge >= 0.3 is 0 Å². The second kappa shape index (κ2) is 3.71. The molecular formula is C11H11ClO2. The largest absolute Gasteiger partial charge is 0.392 e. The van der Waals surface area contributed by atoms with Gasteiger partial charge < -0.3 is 5.11 Å². The average Bonchev–Trinajstić information content (AvgIpc) is 2.18. The van der Waals surface area contributed by atoms with Gasteiger partial charge in [-0.15, -0.1) is 0 Å². The SMILES string of the molecule is O=C1CCCc2ccc(CO)c(Cl)c21. The molecular weight excluding hydrogens is 200 g/mol. The van der Waals surface area contributed by atoms with Crippen LogP contribution in [0.4, 0.5) is 0 Å². The number of ketones is 1. The lowest BCUT2D eigenvalue weighted by Gasteiger charge is -2.17. The molecule has 74 valence electrons. The fraction of sp³-hybridized carbons (Fsp3) is 0.364. The number of benzene rings is 1. The molecule has 0 saturated heterocycles. The van der Waals surface area contributed by atoms with E-state index in [-0.39, 0.29) is 12.4 Å². The molecule has 1 aliphatic carbocycles. The highest BCUT2D eigenvalue weighted by atomic mass is 35.5. The Morgan fingerprint density at radius 3 is 2.86 bits per heavy atom. The van der Waals surface area contributed by atoms with Crippen LogP contribution in [0, 0.1) is 0 Å². The summed E-state index contributed by atoms with van der Waals surface area (Å²) < 4.78 is 0. The van der Waals surface area contributed by atoms with Crippen LogP contribution < -0.4 is 0 Å². The Labute approximate surface area is 87.5 Å². The Balaban J connectivity index is 2.60. The van der Waals surface area contributed by atoms with Crippen LogP contribution in [0.25, 0.3) is 0 Å². The van der Waals surface area contributed by atoms with E-state index in [4.69, 9.17) is 16.7 Å². The molecule has 1 aliphatic rings. The van der Waals surface area contributed by atoms with Crippen molar-refractivity contribution < 1.29 is 9.90 Å². The number of hydrogen-bond donors (Lipinski definition) is 1. The minimum Gasteiger partial charge on any atom is -0.392 e. The Morgan fingerprint density at radius 1 is 1.36 bits per heavy atom. The number of hydrogen-bond acceptors (Lipinski definition) is 2. The predicted molar refractivity (Wildman–Crippen MR) is 54.6 cm³/mol. The van der Waals surface area contributed by atoms with Gasteiger partial charge in [-0.1, -0.05) is 23.7 Å². The fourth-order valence-electron chi connectivity index (χ4n) is 1.86. The molecule has 3 heteroatoms. The van der Waals surface area contributed by atoms with Gasteiger partial charge in [0.2, 0.25) is 0 Å². The maximum Gasteiger partial charge on any atom is 0.164 e. The van der Waals surface area contributed by atoms with Crippen molar-refractivity contribution in [2.75, 3.05) is 0 Å². The zero-order valence-electron chi connectivity index (χ0n) is 7.72. The van der Waals surface area contributed by atoms with Crippen LogP contribution in [0.15, 0.2) is 12.1 Å². The summed E-state index contributed by atoms with van der Waals surface area (Å²) in [6, 6.07) is 3.68. The molecule has 0 radical (unpaired) electrons. The van der Waals surface area contributed by atoms with E-state index < -0.39 is 0 Å². The van der Waals surface area contributed by atoms with Crippen molar-refractivity contribution in [3.63, 3.8) is 0 Å². The summed E-state index contributed by atoms with van der Waals surface area (Å²) in [4.78, 5) is 11.6. The smallest absolute Gasteiger partial charge is 0.164 e. The van der Waals surface area contributed by atoms with Crippen LogP contribution in [-0.2, 0) is 13.0 Å². The standard InChI is InChI=1S/C11H11ClO2/c12-11-8(6-13)5-4-7-2-1-3-9(14)10(7)11/h4-5,13H,1-3,6H2. The van der Waals surface area contributed by atoms with Crippen molar-refractivity contribution in [2.45, 2.75) is 25.9 Å². The first-order chi connectivity index (χ1) is 6.74. The van der Waals surface area contributed by atoms with Crippen molar-refractivity contribution in [1.29, 1.82) is 0 Å². The van der Waals surface area contributed by atoms with Gasteiger partial charge in [-0.25, -0.2) is 0 Å². The number of aliphatic hydroxyl groups excluding tert-OH is 1. The van der Waals surface area contributed by atoms with Crippen LogP contribution in [0.3, 0.4) is 0 Å². The molecule has 0 heterocycles. The number of aliphatic hydroxyl groups is 1. The van der Waals surface area contributed by atoms with E-state index in [2.05, 4.69) is 0 Å². The van der Waals surface area contributed by atoms with Gasteiger partial charge in [0.05, 0.1) is 11.6 Å². The van der Waals surface area contributed by atoms with Crippen molar-refractivity contribution in [2.24, 2.45) is 0 Å². The number of aryl methyl sites for hydroxylation is 1. The van der Waals surface area contributed by atoms with Crippen LogP contribution in [-0.4, -0.2) is 10.9 Å². The minimum atomic E-state index is -0.112. The lowest BCUT2D eigenvalue weighted by Crippen LogP contribution is -2.12. The van der Waals surface area contributed by atoms with Gasteiger partial charge in [0, 0.05) is 12.0 Å². The van der Waals surface area contributed by atoms with Gasteiger partial charge in [-0.05, 0) is 24.0 Å². The molecule has 0 unspecified atom stereocenters. The summed E-state index contributed by atoms with van der Waals surface area (Å²) in [5.41, 5.74) is 2.29. The maximum absolute atomic E-state index is 11.6. The van der Waals surface area contributed by atoms with Crippen molar-refractivity contribution in [3.8, 4) is 0 Å². The molecule has 0 spiro atoms. The average molecular weight is 211 g/mol. The van der Waals surface area contributed by atoms with Crippen molar-refractivity contribution in [1.82, 2.24) is 0 Å². The third-order valence-corrected chi connectivity index (χ3v) is 3.04. The number of Topliss-reactive ketones (excluding diaryl/α,β-unsaturated/α-hetero) is 1. The van der Waals surface area contributed by atoms with Crippen LogP contribution in [0.5, 0.6) is 0 Å². The molecule has 0 aromatic heterocycles. The highest BCUT2D eigenvalue weighted by Gasteiger charge is 2.21. The maximum atomic E-state index is 11.6. The highest BCUT2D eigenvalue weighted by Crippen LogP contribution is 2.30. The van der Waals surface area contributed by atoms with Gasteiger partial charge in [-0.2, -0.15) is 0 Å². The summed E-state index contributed by atoms with van der Waals surface area (Å²) in [5, 5.41) is 9.45. The van der Waals surface area contributed by atoms with Crippen molar-refractivity contribution >= 4 is 17.4 Å². The Morgan fingerprint density at radius 2 is 2.14 bits per heavy atom. The molecule has 1 aromatic rings. The molecule has 2 nitrogen and oxygen atoms in total. The molecule has 0 saturated carbocycles. The van der Waals surface area contributed by atoms with Crippen LogP contribution >= 0.6 is 11.6 Å². The molecule has 2 rings (SSSR count). The Hall–Kier alpha value is -0.860. The van der Waals surface area contributed by atoms with E-state index >= 15 is 0 Å². The van der Waals surface area contributed by atoms with Gasteiger partial charge in [0.15, 0.2) is 5.78 Å². The molecule has 0 fully saturated rings. The van der Waals surface area contributed by atoms with Gasteiger partial charge in [-0.3, -0.25) is 4.79 Å². The van der Waals surface area contributed by atoms with Gasteiger partial charge in [0.1, 0.15) is 0 Å². The van der Waals surface area contributed by atoms with Gasteiger partial charge in [0.25, 0.3) is 0 Å². The molecule has 1 aromatic carbocycles. The summed E-state index contributed by atoms with van der Waals surface area (Å²) in [7, 11) is 0. The first-order valence-corrected chi connectivity index (χ1v) is 5.06. The predicted octanol–water partition coefficient (Wildman–Crippen LogP) is 2.35. The normalized spacial score (nSPS) is 15.4. The third-order valence-electron chi connectivity index (χ3n) is 2.61. The van der Waals surface area contributed by atoms with Crippen molar-refractivity contribution in [3.05, 3.63) is 33.8 Å². The highest BCUT2D eigenvalue weighted by molar-refractivity contribution is 6.35. The van der Waals surface area contributed by atoms with E-state index in [0.717, 1.165) is 18.4 Å². The summed E-state index contributed by atoms with van der Waals surface area (Å²) >= 11 is 6.04. The number of carbonyl (C=O) groups is 1. The molecule has 0 amide bonds. The van der Waals surface area contributed by atoms with Crippen LogP contribution in [0.1, 0.15) is 34.3 Å². The lowest BCUT2D eigenvalue weighted by atomic mass is 9.89. The Bertz CT molecular complexity index is 385. The van der Waals surface area contributed by atoms with E-state index in [9.17, 15) is 4.79 Å². The van der Waals surface area contributed by atoms with E-state index in [1.807, 2.05) is 6.07 Å². The number of halogens is 1. The zero-order valence-corrected chi connectivity index (χ0v) is 8.47. The van der Waals surface area contributed by atoms with Crippen LogP contribution in [0.2, 0.25) is 5.02 Å². The summed E-state index contributed by atoms with van der Waals surface area (Å²) in [6.45, 7) is -0.112. The summed E-state index contributed by atoms with van der Waals surface area (Å²) in [6.07, 6.45) is 2.38. The van der Waals surface area contributed by atoms with E-state index in [0.29, 0.717) is 22.6 Å². The summed E-state index contributed by atoms with van der Waals surface area (Å²) in [5.74, 6) is 0.103. The quantitative estimate of drug-likeness (QED) is 0.773. The van der Waals surface area contributed by atoms with E-state index in [1.165, 1.54) is 0 Å². The second-order valence-corrected chi connectivity index (χ2v) is 3.89. The molecule has 14 heavy (non-hydrogen) atoms. The molecule has 0 bridgehead atoms. The fourth-order valence-corrected chi connectivity index (χ4v) is 2.21. The monoisotopic (exact) mass is 210 g/mol. The number of fused-ring (bicyclic) bond motifs is 1. The zero-order chi connectivity index (χ0) is 10.1. The first kappa shape index (κ1) is 9.69. The number of carbonyl (C=O) groups excluding carboxylic acids is 1.